The maximum Gasteiger partial charge on any atom is 0.0982 e. The number of rotatable bonds is 2. The fraction of sp³-hybridized carbons (Fsp3) is 0.931. The molecule has 0 amide bonds. The van der Waals surface area contributed by atoms with Crippen molar-refractivity contribution >= 4 is 0 Å². The molecule has 0 radical (unpaired) electrons. The molecule has 0 aromatic carbocycles. The first-order chi connectivity index (χ1) is 15.8. The number of allylic oxidation sites excluding steroid dienone is 1. The summed E-state index contributed by atoms with van der Waals surface area (Å²) in [5.74, 6) is 4.19. The van der Waals surface area contributed by atoms with Gasteiger partial charge in [-0.1, -0.05) is 25.0 Å². The predicted molar refractivity (Wildman–Crippen MR) is 133 cm³/mol. The number of piperidine rings is 1. The van der Waals surface area contributed by atoms with Crippen LogP contribution in [0.3, 0.4) is 0 Å². The highest BCUT2D eigenvalue weighted by Crippen LogP contribution is 2.65. The van der Waals surface area contributed by atoms with Crippen LogP contribution in [0, 0.1) is 35.0 Å². The number of likely N-dealkylation sites (N-methyl/N-ethyl adjacent to an activating group) is 1. The van der Waals surface area contributed by atoms with Gasteiger partial charge in [0.05, 0.1) is 23.5 Å². The Bertz CT molecular complexity index is 811. The molecule has 10 atom stereocenters. The van der Waals surface area contributed by atoms with Gasteiger partial charge in [0, 0.05) is 13.5 Å². The number of ether oxygens (including phenoxy) is 2. The lowest BCUT2D eigenvalue weighted by Crippen LogP contribution is -2.65. The third-order valence-corrected chi connectivity index (χ3v) is 11.9. The molecule has 5 fully saturated rings. The Morgan fingerprint density at radius 1 is 1.12 bits per heavy atom. The summed E-state index contributed by atoms with van der Waals surface area (Å²) in [6, 6.07) is 0. The Kier molecular flexibility index (Phi) is 5.61. The van der Waals surface area contributed by atoms with Gasteiger partial charge in [0.15, 0.2) is 0 Å². The predicted octanol–water partition coefficient (Wildman–Crippen LogP) is 5.43. The monoisotopic (exact) mass is 456 g/mol. The van der Waals surface area contributed by atoms with E-state index in [2.05, 4.69) is 38.5 Å². The standard InChI is InChI=1S/C29H48N2O2/c1-18-12-26-29(30-4,31-16-18)17-28(33-26)11-9-22-23-7-6-20-13-21(32-5)8-10-27(20,3)25(23)14-24(22)19(2)15-28/h18,20-23,25-26,30-31H,6-17H2,1-5H3. The van der Waals surface area contributed by atoms with Gasteiger partial charge in [0.25, 0.3) is 0 Å². The SMILES string of the molecule is CNC12CC3(CCC4C(=C(C)C3)CC3C4CCC4CC(OC)CCC43C)OC1CC(C)CN2. The summed E-state index contributed by atoms with van der Waals surface area (Å²) < 4.78 is 12.9. The van der Waals surface area contributed by atoms with Gasteiger partial charge in [-0.05, 0) is 120 Å². The van der Waals surface area contributed by atoms with Crippen LogP contribution in [-0.2, 0) is 9.47 Å². The topological polar surface area (TPSA) is 42.5 Å². The molecule has 4 aliphatic carbocycles. The number of methoxy groups -OCH3 is 1. The van der Waals surface area contributed by atoms with Crippen molar-refractivity contribution < 1.29 is 9.47 Å². The van der Waals surface area contributed by atoms with Crippen LogP contribution in [0.2, 0.25) is 0 Å². The summed E-state index contributed by atoms with van der Waals surface area (Å²) in [6.07, 6.45) is 15.0. The van der Waals surface area contributed by atoms with Crippen LogP contribution in [-0.4, -0.2) is 44.2 Å². The fourth-order valence-electron chi connectivity index (χ4n) is 10.00. The van der Waals surface area contributed by atoms with Crippen molar-refractivity contribution in [2.24, 2.45) is 35.0 Å². The van der Waals surface area contributed by atoms with Gasteiger partial charge in [0.2, 0.25) is 0 Å². The highest BCUT2D eigenvalue weighted by molar-refractivity contribution is 5.29. The lowest BCUT2D eigenvalue weighted by Gasteiger charge is -2.54. The second-order valence-electron chi connectivity index (χ2n) is 13.4. The highest BCUT2D eigenvalue weighted by atomic mass is 16.5. The second-order valence-corrected chi connectivity index (χ2v) is 13.4. The van der Waals surface area contributed by atoms with E-state index in [1.807, 2.05) is 12.7 Å². The van der Waals surface area contributed by atoms with E-state index in [4.69, 9.17) is 9.47 Å². The van der Waals surface area contributed by atoms with Crippen LogP contribution in [0.1, 0.15) is 91.4 Å². The van der Waals surface area contributed by atoms with Crippen molar-refractivity contribution in [1.29, 1.82) is 0 Å². The first-order valence-corrected chi connectivity index (χ1v) is 14.1. The molecule has 186 valence electrons. The zero-order valence-corrected chi connectivity index (χ0v) is 21.8. The van der Waals surface area contributed by atoms with E-state index in [0.29, 0.717) is 23.5 Å². The van der Waals surface area contributed by atoms with Crippen molar-refractivity contribution in [3.63, 3.8) is 0 Å². The summed E-state index contributed by atoms with van der Waals surface area (Å²) in [5.41, 5.74) is 4.08. The van der Waals surface area contributed by atoms with Crippen molar-refractivity contribution in [1.82, 2.24) is 10.6 Å². The summed E-state index contributed by atoms with van der Waals surface area (Å²) >= 11 is 0. The largest absolute Gasteiger partial charge is 0.381 e. The summed E-state index contributed by atoms with van der Waals surface area (Å²) in [6.45, 7) is 8.61. The first-order valence-electron chi connectivity index (χ1n) is 14.1. The van der Waals surface area contributed by atoms with Crippen molar-refractivity contribution in [2.45, 2.75) is 115 Å². The highest BCUT2D eigenvalue weighted by Gasteiger charge is 2.60. The minimum absolute atomic E-state index is 0.0229. The molecule has 6 aliphatic rings. The van der Waals surface area contributed by atoms with Gasteiger partial charge >= 0.3 is 0 Å². The van der Waals surface area contributed by atoms with Gasteiger partial charge in [-0.2, -0.15) is 0 Å². The number of hydrogen-bond acceptors (Lipinski definition) is 4. The average Bonchev–Trinajstić information content (AvgIpc) is 3.30. The molecule has 2 aliphatic heterocycles. The van der Waals surface area contributed by atoms with E-state index in [1.54, 1.807) is 5.57 Å². The zero-order valence-electron chi connectivity index (χ0n) is 21.8. The molecule has 1 spiro atoms. The molecule has 2 heterocycles. The summed E-state index contributed by atoms with van der Waals surface area (Å²) in [4.78, 5) is 0. The van der Waals surface area contributed by atoms with Crippen LogP contribution >= 0.6 is 0 Å². The Morgan fingerprint density at radius 2 is 1.97 bits per heavy atom. The van der Waals surface area contributed by atoms with Crippen LogP contribution in [0.25, 0.3) is 0 Å². The number of fused-ring (bicyclic) bond motifs is 6. The van der Waals surface area contributed by atoms with Crippen LogP contribution in [0.4, 0.5) is 0 Å². The number of hydrogen-bond donors (Lipinski definition) is 2. The lowest BCUT2D eigenvalue weighted by atomic mass is 9.52. The molecule has 0 aromatic rings. The van der Waals surface area contributed by atoms with E-state index in [9.17, 15) is 0 Å². The zero-order chi connectivity index (χ0) is 23.0. The second kappa shape index (κ2) is 8.05. The Morgan fingerprint density at radius 3 is 2.76 bits per heavy atom. The molecule has 2 N–H and O–H groups in total. The molecule has 4 nitrogen and oxygen atoms in total. The number of nitrogens with one attached hydrogen (secondary N) is 2. The molecule has 33 heavy (non-hydrogen) atoms. The Labute approximate surface area is 202 Å². The molecule has 6 rings (SSSR count). The van der Waals surface area contributed by atoms with E-state index in [1.165, 1.54) is 57.8 Å². The van der Waals surface area contributed by atoms with Gasteiger partial charge in [-0.25, -0.2) is 0 Å². The lowest BCUT2D eigenvalue weighted by molar-refractivity contribution is -0.0831. The van der Waals surface area contributed by atoms with E-state index >= 15 is 0 Å². The van der Waals surface area contributed by atoms with Crippen molar-refractivity contribution in [2.75, 3.05) is 20.7 Å². The van der Waals surface area contributed by atoms with Gasteiger partial charge in [-0.3, -0.25) is 5.32 Å². The molecule has 0 aromatic heterocycles. The third kappa shape index (κ3) is 3.44. The molecule has 4 heteroatoms. The normalized spacial score (nSPS) is 53.9. The third-order valence-electron chi connectivity index (χ3n) is 11.9. The molecule has 0 bridgehead atoms. The molecular formula is C29H48N2O2. The maximum atomic E-state index is 7.07. The molecule has 10 unspecified atom stereocenters. The minimum Gasteiger partial charge on any atom is -0.381 e. The first kappa shape index (κ1) is 23.0. The van der Waals surface area contributed by atoms with E-state index in [-0.39, 0.29) is 11.3 Å². The van der Waals surface area contributed by atoms with Crippen LogP contribution < -0.4 is 10.6 Å². The molecular weight excluding hydrogens is 408 g/mol. The van der Waals surface area contributed by atoms with E-state index < -0.39 is 0 Å². The van der Waals surface area contributed by atoms with Crippen LogP contribution in [0.15, 0.2) is 11.1 Å². The molecule has 3 saturated carbocycles. The Hall–Kier alpha value is -0.420. The van der Waals surface area contributed by atoms with Gasteiger partial charge in [-0.15, -0.1) is 0 Å². The maximum absolute atomic E-state index is 7.07. The summed E-state index contributed by atoms with van der Waals surface area (Å²) in [5, 5.41) is 7.56. The van der Waals surface area contributed by atoms with Gasteiger partial charge < -0.3 is 14.8 Å². The Balaban J connectivity index is 1.25. The summed E-state index contributed by atoms with van der Waals surface area (Å²) in [7, 11) is 4.06. The van der Waals surface area contributed by atoms with Gasteiger partial charge in [0.1, 0.15) is 0 Å². The fourth-order valence-corrected chi connectivity index (χ4v) is 10.00. The van der Waals surface area contributed by atoms with E-state index in [0.717, 1.165) is 43.1 Å². The molecule has 2 saturated heterocycles. The van der Waals surface area contributed by atoms with Crippen molar-refractivity contribution in [3.05, 3.63) is 11.1 Å². The average molecular weight is 457 g/mol. The van der Waals surface area contributed by atoms with Crippen molar-refractivity contribution in [3.8, 4) is 0 Å². The van der Waals surface area contributed by atoms with Crippen LogP contribution in [0.5, 0.6) is 0 Å². The minimum atomic E-state index is -0.0229. The quantitative estimate of drug-likeness (QED) is 0.544. The smallest absolute Gasteiger partial charge is 0.0982 e.